The minimum atomic E-state index is -1.05. The summed E-state index contributed by atoms with van der Waals surface area (Å²) in [6, 6.07) is 14.5. The minimum Gasteiger partial charge on any atom is -0.493 e. The van der Waals surface area contributed by atoms with Crippen molar-refractivity contribution in [3.05, 3.63) is 88.7 Å². The SMILES string of the molecule is COC(=O)c1ccccc1NC(=O)[C@@H]1c2cc(OC)c(OC)cc2C(=O)N(C)[C@H]1c1ccccc1F. The molecule has 186 valence electrons. The lowest BCUT2D eigenvalue weighted by molar-refractivity contribution is -0.119. The molecule has 0 bridgehead atoms. The molecular formula is C27H25FN2O6. The number of amides is 2. The van der Waals surface area contributed by atoms with Gasteiger partial charge < -0.3 is 24.4 Å². The number of carbonyl (C=O) groups excluding carboxylic acids is 3. The number of fused-ring (bicyclic) bond motifs is 1. The molecule has 9 heteroatoms. The Bertz CT molecular complexity index is 1340. The van der Waals surface area contributed by atoms with Crippen LogP contribution >= 0.6 is 0 Å². The van der Waals surface area contributed by atoms with E-state index in [1.807, 2.05) is 0 Å². The summed E-state index contributed by atoms with van der Waals surface area (Å²) >= 11 is 0. The van der Waals surface area contributed by atoms with Crippen molar-refractivity contribution < 1.29 is 33.0 Å². The molecule has 1 aliphatic rings. The molecule has 0 radical (unpaired) electrons. The highest BCUT2D eigenvalue weighted by molar-refractivity contribution is 6.07. The van der Waals surface area contributed by atoms with Gasteiger partial charge in [0.15, 0.2) is 11.5 Å². The summed E-state index contributed by atoms with van der Waals surface area (Å²) in [6.45, 7) is 0. The highest BCUT2D eigenvalue weighted by Gasteiger charge is 2.44. The number of nitrogens with one attached hydrogen (secondary N) is 1. The van der Waals surface area contributed by atoms with Gasteiger partial charge in [0, 0.05) is 18.2 Å². The Morgan fingerprint density at radius 1 is 0.917 bits per heavy atom. The minimum absolute atomic E-state index is 0.156. The maximum Gasteiger partial charge on any atom is 0.339 e. The largest absolute Gasteiger partial charge is 0.493 e. The summed E-state index contributed by atoms with van der Waals surface area (Å²) in [5.74, 6) is -2.56. The molecule has 0 aromatic heterocycles. The molecule has 3 aromatic carbocycles. The van der Waals surface area contributed by atoms with E-state index in [1.54, 1.807) is 30.3 Å². The Morgan fingerprint density at radius 2 is 1.56 bits per heavy atom. The van der Waals surface area contributed by atoms with Crippen molar-refractivity contribution in [2.24, 2.45) is 0 Å². The number of esters is 1. The number of halogens is 1. The second-order valence-electron chi connectivity index (χ2n) is 8.18. The number of ether oxygens (including phenoxy) is 3. The van der Waals surface area contributed by atoms with Crippen molar-refractivity contribution in [2.75, 3.05) is 33.7 Å². The van der Waals surface area contributed by atoms with Crippen LogP contribution in [-0.2, 0) is 9.53 Å². The smallest absolute Gasteiger partial charge is 0.339 e. The summed E-state index contributed by atoms with van der Waals surface area (Å²) in [6.07, 6.45) is 0. The van der Waals surface area contributed by atoms with Crippen LogP contribution in [0.4, 0.5) is 10.1 Å². The molecule has 4 rings (SSSR count). The third-order valence-electron chi connectivity index (χ3n) is 6.27. The number of nitrogens with zero attached hydrogens (tertiary/aromatic N) is 1. The van der Waals surface area contributed by atoms with Gasteiger partial charge in [-0.2, -0.15) is 0 Å². The van der Waals surface area contributed by atoms with E-state index in [0.29, 0.717) is 17.1 Å². The Labute approximate surface area is 207 Å². The van der Waals surface area contributed by atoms with Crippen molar-refractivity contribution in [1.29, 1.82) is 0 Å². The fourth-order valence-electron chi connectivity index (χ4n) is 4.53. The number of rotatable bonds is 6. The summed E-state index contributed by atoms with van der Waals surface area (Å²) in [4.78, 5) is 40.9. The molecule has 2 amide bonds. The molecule has 1 aliphatic heterocycles. The van der Waals surface area contributed by atoms with Crippen LogP contribution in [0.5, 0.6) is 11.5 Å². The van der Waals surface area contributed by atoms with Crippen LogP contribution in [0.25, 0.3) is 0 Å². The van der Waals surface area contributed by atoms with Gasteiger partial charge in [0.05, 0.1) is 44.5 Å². The fraction of sp³-hybridized carbons (Fsp3) is 0.222. The fourth-order valence-corrected chi connectivity index (χ4v) is 4.53. The predicted octanol–water partition coefficient (Wildman–Crippen LogP) is 4.18. The van der Waals surface area contributed by atoms with E-state index in [2.05, 4.69) is 5.32 Å². The van der Waals surface area contributed by atoms with Crippen molar-refractivity contribution in [1.82, 2.24) is 4.90 Å². The van der Waals surface area contributed by atoms with Gasteiger partial charge >= 0.3 is 5.97 Å². The maximum atomic E-state index is 15.0. The van der Waals surface area contributed by atoms with Crippen molar-refractivity contribution >= 4 is 23.5 Å². The number of anilines is 1. The molecule has 1 N–H and O–H groups in total. The van der Waals surface area contributed by atoms with Gasteiger partial charge in [-0.15, -0.1) is 0 Å². The third-order valence-corrected chi connectivity index (χ3v) is 6.27. The Morgan fingerprint density at radius 3 is 2.22 bits per heavy atom. The van der Waals surface area contributed by atoms with E-state index >= 15 is 4.39 Å². The van der Waals surface area contributed by atoms with Gasteiger partial charge in [0.2, 0.25) is 5.91 Å². The number of para-hydroxylation sites is 1. The Kier molecular flexibility index (Phi) is 6.91. The molecule has 3 aromatic rings. The first-order chi connectivity index (χ1) is 17.3. The van der Waals surface area contributed by atoms with Crippen LogP contribution < -0.4 is 14.8 Å². The molecule has 0 fully saturated rings. The normalized spacial score (nSPS) is 16.7. The Hall–Kier alpha value is -4.40. The number of likely N-dealkylation sites (N-methyl/N-ethyl adjacent to an activating group) is 1. The molecule has 2 atom stereocenters. The van der Waals surface area contributed by atoms with Gasteiger partial charge in [-0.3, -0.25) is 9.59 Å². The van der Waals surface area contributed by atoms with Crippen LogP contribution in [0.2, 0.25) is 0 Å². The highest BCUT2D eigenvalue weighted by atomic mass is 19.1. The quantitative estimate of drug-likeness (QED) is 0.519. The lowest BCUT2D eigenvalue weighted by Gasteiger charge is -2.40. The van der Waals surface area contributed by atoms with E-state index in [9.17, 15) is 14.4 Å². The predicted molar refractivity (Wildman–Crippen MR) is 130 cm³/mol. The number of hydrogen-bond acceptors (Lipinski definition) is 6. The molecule has 0 aliphatic carbocycles. The van der Waals surface area contributed by atoms with Crippen LogP contribution in [-0.4, -0.2) is 51.1 Å². The average molecular weight is 493 g/mol. The van der Waals surface area contributed by atoms with Gasteiger partial charge in [0.1, 0.15) is 5.82 Å². The van der Waals surface area contributed by atoms with Crippen molar-refractivity contribution in [3.8, 4) is 11.5 Å². The average Bonchev–Trinajstić information content (AvgIpc) is 2.90. The first-order valence-corrected chi connectivity index (χ1v) is 11.1. The number of carbonyl (C=O) groups is 3. The zero-order chi connectivity index (χ0) is 26.0. The van der Waals surface area contributed by atoms with Gasteiger partial charge in [0.25, 0.3) is 5.91 Å². The van der Waals surface area contributed by atoms with E-state index in [0.717, 1.165) is 0 Å². The van der Waals surface area contributed by atoms with E-state index in [4.69, 9.17) is 14.2 Å². The summed E-state index contributed by atoms with van der Waals surface area (Å²) in [5, 5.41) is 2.78. The van der Waals surface area contributed by atoms with Crippen LogP contribution in [0, 0.1) is 5.82 Å². The van der Waals surface area contributed by atoms with Gasteiger partial charge in [-0.1, -0.05) is 30.3 Å². The van der Waals surface area contributed by atoms with Crippen LogP contribution in [0.3, 0.4) is 0 Å². The molecule has 0 saturated heterocycles. The zero-order valence-electron chi connectivity index (χ0n) is 20.2. The van der Waals surface area contributed by atoms with E-state index in [1.165, 1.54) is 63.6 Å². The summed E-state index contributed by atoms with van der Waals surface area (Å²) in [7, 11) is 5.64. The van der Waals surface area contributed by atoms with Crippen LogP contribution in [0.1, 0.15) is 43.8 Å². The zero-order valence-corrected chi connectivity index (χ0v) is 20.2. The topological polar surface area (TPSA) is 94.2 Å². The monoisotopic (exact) mass is 492 g/mol. The van der Waals surface area contributed by atoms with E-state index in [-0.39, 0.29) is 22.4 Å². The third kappa shape index (κ3) is 4.24. The number of hydrogen-bond donors (Lipinski definition) is 1. The highest BCUT2D eigenvalue weighted by Crippen LogP contribution is 2.46. The first-order valence-electron chi connectivity index (χ1n) is 11.1. The van der Waals surface area contributed by atoms with Crippen LogP contribution in [0.15, 0.2) is 60.7 Å². The maximum absolute atomic E-state index is 15.0. The molecule has 0 saturated carbocycles. The molecule has 1 heterocycles. The van der Waals surface area contributed by atoms with Gasteiger partial charge in [-0.05, 0) is 35.9 Å². The molecule has 8 nitrogen and oxygen atoms in total. The first kappa shape index (κ1) is 24.7. The molecule has 36 heavy (non-hydrogen) atoms. The van der Waals surface area contributed by atoms with Crippen molar-refractivity contribution in [3.63, 3.8) is 0 Å². The lowest BCUT2D eigenvalue weighted by atomic mass is 9.79. The number of methoxy groups -OCH3 is 3. The Balaban J connectivity index is 1.90. The van der Waals surface area contributed by atoms with E-state index < -0.39 is 35.6 Å². The second-order valence-corrected chi connectivity index (χ2v) is 8.18. The molecule has 0 unspecified atom stereocenters. The van der Waals surface area contributed by atoms with Crippen molar-refractivity contribution in [2.45, 2.75) is 12.0 Å². The number of benzene rings is 3. The molecular weight excluding hydrogens is 467 g/mol. The second kappa shape index (κ2) is 10.1. The van der Waals surface area contributed by atoms with Gasteiger partial charge in [-0.25, -0.2) is 9.18 Å². The standard InChI is InChI=1S/C27H25FN2O6/c1-30-24(15-9-5-7-11-19(15)28)23(17-13-21(34-2)22(35-3)14-18(17)26(30)32)25(31)29-20-12-8-6-10-16(20)27(33)36-4/h5-14,23-24H,1-4H3,(H,29,31)/t23-,24+/m1/s1. The summed E-state index contributed by atoms with van der Waals surface area (Å²) in [5.41, 5.74) is 1.13. The molecule has 0 spiro atoms. The lowest BCUT2D eigenvalue weighted by Crippen LogP contribution is -2.44. The summed E-state index contributed by atoms with van der Waals surface area (Å²) < 4.78 is 30.6.